The molecular weight excluding hydrogens is 552 g/mol. The van der Waals surface area contributed by atoms with Gasteiger partial charge in [-0.15, -0.1) is 0 Å². The lowest BCUT2D eigenvalue weighted by Gasteiger charge is -2.05. The molecule has 0 fully saturated rings. The van der Waals surface area contributed by atoms with Gasteiger partial charge in [0.2, 0.25) is 0 Å². The Labute approximate surface area is 282 Å². The Morgan fingerprint density at radius 1 is 0.333 bits per heavy atom. The standard InChI is InChI=1S/C42H80O3/c1-3-5-7-9-11-13-15-17-19-21-22-24-26-28-30-32-34-36-38-40-42(44)45-41(43)39-37-35-33-31-29-27-25-23-20-18-16-14-12-10-8-6-4-2/h17,19H,3-16,18,20-40H2,1-2H3/b19-17-. The Kier molecular flexibility index (Phi) is 38.1. The first-order valence-electron chi connectivity index (χ1n) is 20.6. The van der Waals surface area contributed by atoms with E-state index in [-0.39, 0.29) is 11.9 Å². The molecule has 0 atom stereocenters. The number of carbonyl (C=O) groups is 2. The second kappa shape index (κ2) is 39.1. The van der Waals surface area contributed by atoms with Crippen LogP contribution < -0.4 is 0 Å². The highest BCUT2D eigenvalue weighted by Gasteiger charge is 2.10. The van der Waals surface area contributed by atoms with E-state index < -0.39 is 0 Å². The zero-order valence-corrected chi connectivity index (χ0v) is 30.8. The number of esters is 2. The van der Waals surface area contributed by atoms with Crippen molar-refractivity contribution in [3.63, 3.8) is 0 Å². The fraction of sp³-hybridized carbons (Fsp3) is 0.905. The van der Waals surface area contributed by atoms with Crippen LogP contribution in [0.25, 0.3) is 0 Å². The van der Waals surface area contributed by atoms with Crippen LogP contribution in [0.4, 0.5) is 0 Å². The molecule has 0 aliphatic rings. The summed E-state index contributed by atoms with van der Waals surface area (Å²) in [6, 6.07) is 0. The van der Waals surface area contributed by atoms with Gasteiger partial charge in [-0.25, -0.2) is 0 Å². The molecule has 0 spiro atoms. The van der Waals surface area contributed by atoms with E-state index in [1.165, 1.54) is 193 Å². The lowest BCUT2D eigenvalue weighted by molar-refractivity contribution is -0.159. The van der Waals surface area contributed by atoms with Crippen LogP contribution in [0.2, 0.25) is 0 Å². The summed E-state index contributed by atoms with van der Waals surface area (Å²) in [7, 11) is 0. The zero-order valence-electron chi connectivity index (χ0n) is 30.8. The first-order valence-corrected chi connectivity index (χ1v) is 20.6. The first-order chi connectivity index (χ1) is 22.2. The topological polar surface area (TPSA) is 43.4 Å². The van der Waals surface area contributed by atoms with Crippen molar-refractivity contribution in [3.05, 3.63) is 12.2 Å². The van der Waals surface area contributed by atoms with Crippen molar-refractivity contribution in [2.24, 2.45) is 0 Å². The summed E-state index contributed by atoms with van der Waals surface area (Å²) in [5.74, 6) is -0.651. The van der Waals surface area contributed by atoms with Gasteiger partial charge in [0.25, 0.3) is 0 Å². The molecule has 0 heterocycles. The molecule has 0 radical (unpaired) electrons. The van der Waals surface area contributed by atoms with E-state index in [9.17, 15) is 9.59 Å². The Bertz CT molecular complexity index is 625. The average molecular weight is 633 g/mol. The number of ether oxygens (including phenoxy) is 1. The maximum absolute atomic E-state index is 12.0. The molecule has 0 aliphatic heterocycles. The van der Waals surface area contributed by atoms with E-state index in [4.69, 9.17) is 4.74 Å². The summed E-state index contributed by atoms with van der Waals surface area (Å²) in [6.45, 7) is 4.56. The van der Waals surface area contributed by atoms with Crippen molar-refractivity contribution in [1.82, 2.24) is 0 Å². The number of allylic oxidation sites excluding steroid dienone is 2. The predicted molar refractivity (Wildman–Crippen MR) is 198 cm³/mol. The lowest BCUT2D eigenvalue weighted by Crippen LogP contribution is -2.11. The van der Waals surface area contributed by atoms with Crippen LogP contribution in [0.5, 0.6) is 0 Å². The molecule has 3 heteroatoms. The lowest BCUT2D eigenvalue weighted by atomic mass is 10.0. The second-order valence-electron chi connectivity index (χ2n) is 14.0. The maximum atomic E-state index is 12.0. The second-order valence-corrected chi connectivity index (χ2v) is 14.0. The van der Waals surface area contributed by atoms with E-state index in [0.29, 0.717) is 12.8 Å². The predicted octanol–water partition coefficient (Wildman–Crippen LogP) is 14.7. The van der Waals surface area contributed by atoms with Gasteiger partial charge >= 0.3 is 11.9 Å². The Hall–Kier alpha value is -1.12. The molecule has 0 aliphatic carbocycles. The van der Waals surface area contributed by atoms with Gasteiger partial charge in [-0.3, -0.25) is 9.59 Å². The van der Waals surface area contributed by atoms with E-state index >= 15 is 0 Å². The third-order valence-corrected chi connectivity index (χ3v) is 9.35. The minimum absolute atomic E-state index is 0.325. The third kappa shape index (κ3) is 39.0. The highest BCUT2D eigenvalue weighted by Crippen LogP contribution is 2.15. The Morgan fingerprint density at radius 2 is 0.556 bits per heavy atom. The third-order valence-electron chi connectivity index (χ3n) is 9.35. The van der Waals surface area contributed by atoms with Gasteiger partial charge in [0, 0.05) is 12.8 Å². The van der Waals surface area contributed by atoms with Gasteiger partial charge in [-0.1, -0.05) is 206 Å². The summed E-state index contributed by atoms with van der Waals surface area (Å²) in [4.78, 5) is 23.9. The van der Waals surface area contributed by atoms with E-state index in [1.807, 2.05) is 0 Å². The van der Waals surface area contributed by atoms with Crippen LogP contribution >= 0.6 is 0 Å². The summed E-state index contributed by atoms with van der Waals surface area (Å²) < 4.78 is 5.03. The summed E-state index contributed by atoms with van der Waals surface area (Å²) in [6.07, 6.45) is 50.0. The minimum atomic E-state index is -0.326. The molecule has 0 saturated carbocycles. The molecule has 0 aromatic rings. The van der Waals surface area contributed by atoms with Gasteiger partial charge in [0.1, 0.15) is 0 Å². The molecule has 0 bridgehead atoms. The smallest absolute Gasteiger partial charge is 0.313 e. The van der Waals surface area contributed by atoms with Crippen molar-refractivity contribution < 1.29 is 14.3 Å². The molecule has 0 saturated heterocycles. The first kappa shape index (κ1) is 43.9. The molecule has 0 rings (SSSR count). The number of unbranched alkanes of at least 4 members (excludes halogenated alkanes) is 31. The van der Waals surface area contributed by atoms with Gasteiger partial charge in [0.05, 0.1) is 0 Å². The normalized spacial score (nSPS) is 11.5. The van der Waals surface area contributed by atoms with Crippen LogP contribution in [-0.4, -0.2) is 11.9 Å². The number of rotatable bonds is 37. The Morgan fingerprint density at radius 3 is 0.822 bits per heavy atom. The highest BCUT2D eigenvalue weighted by molar-refractivity contribution is 5.85. The zero-order chi connectivity index (χ0) is 32.7. The van der Waals surface area contributed by atoms with Crippen LogP contribution in [0.3, 0.4) is 0 Å². The van der Waals surface area contributed by atoms with Crippen molar-refractivity contribution in [3.8, 4) is 0 Å². The fourth-order valence-corrected chi connectivity index (χ4v) is 6.27. The van der Waals surface area contributed by atoms with Crippen molar-refractivity contribution in [2.75, 3.05) is 0 Å². The van der Waals surface area contributed by atoms with Crippen LogP contribution in [0.15, 0.2) is 12.2 Å². The molecule has 3 nitrogen and oxygen atoms in total. The largest absolute Gasteiger partial charge is 0.393 e. The number of carbonyl (C=O) groups excluding carboxylic acids is 2. The molecular formula is C42H80O3. The van der Waals surface area contributed by atoms with E-state index in [2.05, 4.69) is 26.0 Å². The molecule has 0 aromatic carbocycles. The fourth-order valence-electron chi connectivity index (χ4n) is 6.27. The van der Waals surface area contributed by atoms with E-state index in [0.717, 1.165) is 25.7 Å². The van der Waals surface area contributed by atoms with Gasteiger partial charge < -0.3 is 4.74 Å². The molecule has 0 unspecified atom stereocenters. The number of hydrogen-bond donors (Lipinski definition) is 0. The summed E-state index contributed by atoms with van der Waals surface area (Å²) in [5.41, 5.74) is 0. The van der Waals surface area contributed by atoms with Crippen molar-refractivity contribution in [2.45, 2.75) is 245 Å². The van der Waals surface area contributed by atoms with Crippen LogP contribution in [0, 0.1) is 0 Å². The van der Waals surface area contributed by atoms with Crippen molar-refractivity contribution in [1.29, 1.82) is 0 Å². The SMILES string of the molecule is CCCCCCCC/C=C\CCCCCCCCCCCC(=O)OC(=O)CCCCCCCCCCCCCCCCCCC. The molecule has 266 valence electrons. The Balaban J connectivity index is 3.29. The summed E-state index contributed by atoms with van der Waals surface area (Å²) in [5, 5.41) is 0. The van der Waals surface area contributed by atoms with Gasteiger partial charge in [-0.2, -0.15) is 0 Å². The monoisotopic (exact) mass is 633 g/mol. The quantitative estimate of drug-likeness (QED) is 0.0296. The van der Waals surface area contributed by atoms with E-state index in [1.54, 1.807) is 0 Å². The van der Waals surface area contributed by atoms with Crippen LogP contribution in [-0.2, 0) is 14.3 Å². The number of hydrogen-bond acceptors (Lipinski definition) is 3. The molecule has 45 heavy (non-hydrogen) atoms. The van der Waals surface area contributed by atoms with Crippen molar-refractivity contribution >= 4 is 11.9 Å². The van der Waals surface area contributed by atoms with Crippen LogP contribution in [0.1, 0.15) is 245 Å². The minimum Gasteiger partial charge on any atom is -0.393 e. The molecule has 0 N–H and O–H groups in total. The summed E-state index contributed by atoms with van der Waals surface area (Å²) >= 11 is 0. The average Bonchev–Trinajstić information content (AvgIpc) is 3.03. The molecule has 0 amide bonds. The highest BCUT2D eigenvalue weighted by atomic mass is 16.6. The van der Waals surface area contributed by atoms with Gasteiger partial charge in [-0.05, 0) is 38.5 Å². The van der Waals surface area contributed by atoms with Gasteiger partial charge in [0.15, 0.2) is 0 Å². The maximum Gasteiger partial charge on any atom is 0.313 e. The molecule has 0 aromatic heterocycles.